The van der Waals surface area contributed by atoms with Gasteiger partial charge in [0.05, 0.1) is 13.5 Å². The van der Waals surface area contributed by atoms with Crippen LogP contribution >= 0.6 is 0 Å². The van der Waals surface area contributed by atoms with E-state index in [0.717, 1.165) is 36.1 Å². The van der Waals surface area contributed by atoms with Gasteiger partial charge in [0, 0.05) is 55.3 Å². The topological polar surface area (TPSA) is 65.6 Å². The van der Waals surface area contributed by atoms with Crippen LogP contribution in [-0.2, 0) is 22.4 Å². The fourth-order valence-corrected chi connectivity index (χ4v) is 4.47. The zero-order chi connectivity index (χ0) is 22.3. The van der Waals surface area contributed by atoms with Crippen LogP contribution in [0.4, 0.5) is 0 Å². The lowest BCUT2D eigenvalue weighted by molar-refractivity contribution is -0.133. The minimum Gasteiger partial charge on any atom is -0.496 e. The fraction of sp³-hybridized carbons (Fsp3) is 0.385. The van der Waals surface area contributed by atoms with Gasteiger partial charge in [-0.2, -0.15) is 0 Å². The van der Waals surface area contributed by atoms with Crippen molar-refractivity contribution in [3.05, 3.63) is 65.9 Å². The molecule has 0 saturated carbocycles. The normalized spacial score (nSPS) is 14.4. The molecule has 1 saturated heterocycles. The van der Waals surface area contributed by atoms with Crippen molar-refractivity contribution in [3.63, 3.8) is 0 Å². The molecule has 2 amide bonds. The van der Waals surface area contributed by atoms with E-state index in [2.05, 4.69) is 17.1 Å². The number of hydrogen-bond donors (Lipinski definition) is 1. The first-order chi connectivity index (χ1) is 15.7. The van der Waals surface area contributed by atoms with E-state index in [1.807, 2.05) is 52.4 Å². The molecule has 0 bridgehead atoms. The van der Waals surface area contributed by atoms with Crippen LogP contribution in [0.25, 0.3) is 10.9 Å². The number of nitrogens with zero attached hydrogens (tertiary/aromatic N) is 2. The summed E-state index contributed by atoms with van der Waals surface area (Å²) in [5.74, 6) is 1.01. The maximum Gasteiger partial charge on any atom is 0.227 e. The highest BCUT2D eigenvalue weighted by Gasteiger charge is 2.22. The fourth-order valence-electron chi connectivity index (χ4n) is 4.47. The number of rotatable bonds is 7. The summed E-state index contributed by atoms with van der Waals surface area (Å²) in [4.78, 5) is 32.7. The molecule has 0 atom stereocenters. The number of ether oxygens (including phenoxy) is 1. The minimum absolute atomic E-state index is 0.0862. The molecule has 0 unspecified atom stereocenters. The molecule has 0 radical (unpaired) electrons. The van der Waals surface area contributed by atoms with Gasteiger partial charge in [0.2, 0.25) is 11.8 Å². The molecule has 2 aromatic carbocycles. The molecule has 0 aliphatic carbocycles. The Morgan fingerprint density at radius 1 is 0.906 bits per heavy atom. The Morgan fingerprint density at radius 2 is 1.62 bits per heavy atom. The largest absolute Gasteiger partial charge is 0.496 e. The number of methoxy groups -OCH3 is 1. The Hall–Kier alpha value is -3.28. The Kier molecular flexibility index (Phi) is 7.10. The number of carbonyl (C=O) groups is 2. The molecule has 168 valence electrons. The van der Waals surface area contributed by atoms with Crippen LogP contribution in [0.1, 0.15) is 30.4 Å². The third-order valence-electron chi connectivity index (χ3n) is 6.25. The monoisotopic (exact) mass is 433 g/mol. The van der Waals surface area contributed by atoms with E-state index < -0.39 is 0 Å². The maximum atomic E-state index is 12.8. The van der Waals surface area contributed by atoms with Gasteiger partial charge in [-0.1, -0.05) is 36.4 Å². The molecule has 4 rings (SSSR count). The SMILES string of the molecule is COc1ccccc1CC(=O)N1CCCN(C(=O)CCCc2c[nH]c3ccccc23)CC1. The van der Waals surface area contributed by atoms with Crippen molar-refractivity contribution in [2.45, 2.75) is 32.1 Å². The van der Waals surface area contributed by atoms with Crippen LogP contribution in [0.5, 0.6) is 5.75 Å². The Balaban J connectivity index is 1.26. The van der Waals surface area contributed by atoms with E-state index in [-0.39, 0.29) is 11.8 Å². The smallest absolute Gasteiger partial charge is 0.227 e. The summed E-state index contributed by atoms with van der Waals surface area (Å²) < 4.78 is 5.37. The first-order valence-corrected chi connectivity index (χ1v) is 11.4. The number of H-pyrrole nitrogens is 1. The average Bonchev–Trinajstić information content (AvgIpc) is 3.06. The summed E-state index contributed by atoms with van der Waals surface area (Å²) in [6.45, 7) is 2.59. The van der Waals surface area contributed by atoms with Gasteiger partial charge in [-0.05, 0) is 37.0 Å². The van der Waals surface area contributed by atoms with Gasteiger partial charge in [-0.3, -0.25) is 9.59 Å². The van der Waals surface area contributed by atoms with E-state index in [4.69, 9.17) is 4.74 Å². The number of aromatic nitrogens is 1. The number of carbonyl (C=O) groups excluding carboxylic acids is 2. The summed E-state index contributed by atoms with van der Waals surface area (Å²) >= 11 is 0. The predicted molar refractivity (Wildman–Crippen MR) is 126 cm³/mol. The van der Waals surface area contributed by atoms with Crippen molar-refractivity contribution in [2.75, 3.05) is 33.3 Å². The quantitative estimate of drug-likeness (QED) is 0.616. The van der Waals surface area contributed by atoms with Crippen LogP contribution < -0.4 is 4.74 Å². The number of aryl methyl sites for hydroxylation is 1. The molecule has 1 fully saturated rings. The van der Waals surface area contributed by atoms with Crippen LogP contribution in [0.2, 0.25) is 0 Å². The number of para-hydroxylation sites is 2. The highest BCUT2D eigenvalue weighted by atomic mass is 16.5. The number of amides is 2. The Labute approximate surface area is 189 Å². The van der Waals surface area contributed by atoms with Gasteiger partial charge in [0.15, 0.2) is 0 Å². The van der Waals surface area contributed by atoms with Crippen molar-refractivity contribution in [1.82, 2.24) is 14.8 Å². The highest BCUT2D eigenvalue weighted by Crippen LogP contribution is 2.21. The van der Waals surface area contributed by atoms with E-state index in [0.29, 0.717) is 39.0 Å². The summed E-state index contributed by atoms with van der Waals surface area (Å²) in [5.41, 5.74) is 3.30. The lowest BCUT2D eigenvalue weighted by Crippen LogP contribution is -2.38. The lowest BCUT2D eigenvalue weighted by atomic mass is 10.1. The van der Waals surface area contributed by atoms with Gasteiger partial charge in [0.25, 0.3) is 0 Å². The standard InChI is InChI=1S/C26H31N3O3/c1-32-24-12-5-2-8-20(24)18-26(31)29-15-7-14-28(16-17-29)25(30)13-6-9-21-19-27-23-11-4-3-10-22(21)23/h2-5,8,10-12,19,27H,6-7,9,13-18H2,1H3. The minimum atomic E-state index is 0.0862. The van der Waals surface area contributed by atoms with E-state index in [1.54, 1.807) is 7.11 Å². The molecular weight excluding hydrogens is 402 g/mol. The maximum absolute atomic E-state index is 12.8. The molecule has 1 aliphatic heterocycles. The van der Waals surface area contributed by atoms with Gasteiger partial charge >= 0.3 is 0 Å². The van der Waals surface area contributed by atoms with Gasteiger partial charge in [-0.25, -0.2) is 0 Å². The van der Waals surface area contributed by atoms with Gasteiger partial charge in [-0.15, -0.1) is 0 Å². The summed E-state index contributed by atoms with van der Waals surface area (Å²) in [7, 11) is 1.62. The molecule has 1 aromatic heterocycles. The third kappa shape index (κ3) is 5.13. The second-order valence-corrected chi connectivity index (χ2v) is 8.32. The second-order valence-electron chi connectivity index (χ2n) is 8.32. The van der Waals surface area contributed by atoms with Crippen molar-refractivity contribution in [2.24, 2.45) is 0 Å². The van der Waals surface area contributed by atoms with Gasteiger partial charge < -0.3 is 19.5 Å². The molecule has 3 aromatic rings. The molecule has 1 aliphatic rings. The lowest BCUT2D eigenvalue weighted by Gasteiger charge is -2.22. The van der Waals surface area contributed by atoms with Crippen molar-refractivity contribution in [1.29, 1.82) is 0 Å². The summed E-state index contributed by atoms with van der Waals surface area (Å²) in [6, 6.07) is 15.9. The predicted octanol–water partition coefficient (Wildman–Crippen LogP) is 3.80. The zero-order valence-electron chi connectivity index (χ0n) is 18.7. The third-order valence-corrected chi connectivity index (χ3v) is 6.25. The average molecular weight is 434 g/mol. The van der Waals surface area contributed by atoms with E-state index in [1.165, 1.54) is 10.9 Å². The number of aromatic amines is 1. The molecular formula is C26H31N3O3. The van der Waals surface area contributed by atoms with Crippen LogP contribution in [0.15, 0.2) is 54.7 Å². The van der Waals surface area contributed by atoms with Crippen LogP contribution in [0, 0.1) is 0 Å². The number of fused-ring (bicyclic) bond motifs is 1. The van der Waals surface area contributed by atoms with Gasteiger partial charge in [0.1, 0.15) is 5.75 Å². The van der Waals surface area contributed by atoms with Crippen LogP contribution in [0.3, 0.4) is 0 Å². The van der Waals surface area contributed by atoms with Crippen LogP contribution in [-0.4, -0.2) is 59.9 Å². The number of benzene rings is 2. The summed E-state index contributed by atoms with van der Waals surface area (Å²) in [6.07, 6.45) is 5.43. The molecule has 32 heavy (non-hydrogen) atoms. The number of nitrogens with one attached hydrogen (secondary N) is 1. The number of hydrogen-bond acceptors (Lipinski definition) is 3. The Bertz CT molecular complexity index is 1070. The zero-order valence-corrected chi connectivity index (χ0v) is 18.7. The molecule has 6 heteroatoms. The van der Waals surface area contributed by atoms with Crippen molar-refractivity contribution >= 4 is 22.7 Å². The molecule has 1 N–H and O–H groups in total. The highest BCUT2D eigenvalue weighted by molar-refractivity contribution is 5.83. The van der Waals surface area contributed by atoms with E-state index >= 15 is 0 Å². The first kappa shape index (κ1) is 21.9. The van der Waals surface area contributed by atoms with Crippen molar-refractivity contribution < 1.29 is 14.3 Å². The van der Waals surface area contributed by atoms with Crippen molar-refractivity contribution in [3.8, 4) is 5.75 Å². The summed E-state index contributed by atoms with van der Waals surface area (Å²) in [5, 5.41) is 1.24. The Morgan fingerprint density at radius 3 is 2.44 bits per heavy atom. The van der Waals surface area contributed by atoms with E-state index in [9.17, 15) is 9.59 Å². The molecule has 2 heterocycles. The first-order valence-electron chi connectivity index (χ1n) is 11.4. The second kappa shape index (κ2) is 10.4. The molecule has 6 nitrogen and oxygen atoms in total. The molecule has 0 spiro atoms.